The lowest BCUT2D eigenvalue weighted by Gasteiger charge is -2.29. The van der Waals surface area contributed by atoms with E-state index in [2.05, 4.69) is 20.8 Å². The van der Waals surface area contributed by atoms with Gasteiger partial charge < -0.3 is 20.1 Å². The van der Waals surface area contributed by atoms with Crippen molar-refractivity contribution in [2.45, 2.75) is 83.5 Å². The van der Waals surface area contributed by atoms with Gasteiger partial charge in [-0.05, 0) is 23.8 Å². The number of fused-ring (bicyclic) bond motifs is 3. The summed E-state index contributed by atoms with van der Waals surface area (Å²) >= 11 is 0. The van der Waals surface area contributed by atoms with Crippen molar-refractivity contribution < 1.29 is 24.9 Å². The number of para-hydroxylation sites is 1. The van der Waals surface area contributed by atoms with Crippen LogP contribution in [0.2, 0.25) is 0 Å². The van der Waals surface area contributed by atoms with Crippen LogP contribution in [-0.2, 0) is 11.2 Å². The summed E-state index contributed by atoms with van der Waals surface area (Å²) in [6.07, 6.45) is 6.81. The predicted octanol–water partition coefficient (Wildman–Crippen LogP) is 4.06. The summed E-state index contributed by atoms with van der Waals surface area (Å²) in [5.74, 6) is -0.117. The molecule has 0 radical (unpaired) electrons. The van der Waals surface area contributed by atoms with E-state index in [1.807, 2.05) is 30.4 Å². The molecule has 0 amide bonds. The summed E-state index contributed by atoms with van der Waals surface area (Å²) in [7, 11) is 0. The van der Waals surface area contributed by atoms with Crippen LogP contribution >= 0.6 is 0 Å². The first-order chi connectivity index (χ1) is 13.7. The average Bonchev–Trinajstić information content (AvgIpc) is 3.17. The van der Waals surface area contributed by atoms with Gasteiger partial charge in [0.15, 0.2) is 0 Å². The van der Waals surface area contributed by atoms with E-state index in [4.69, 9.17) is 9.84 Å². The van der Waals surface area contributed by atoms with Gasteiger partial charge in [-0.2, -0.15) is 0 Å². The molecule has 5 atom stereocenters. The second kappa shape index (κ2) is 8.88. The van der Waals surface area contributed by atoms with Gasteiger partial charge in [0.05, 0.1) is 12.2 Å². The molecule has 5 nitrogen and oxygen atoms in total. The largest absolute Gasteiger partial charge is 0.489 e. The van der Waals surface area contributed by atoms with Crippen LogP contribution < -0.4 is 4.74 Å². The van der Waals surface area contributed by atoms with Crippen LogP contribution in [0.25, 0.3) is 0 Å². The van der Waals surface area contributed by atoms with E-state index >= 15 is 0 Å². The van der Waals surface area contributed by atoms with Gasteiger partial charge in [0, 0.05) is 30.2 Å². The monoisotopic (exact) mass is 402 g/mol. The first-order valence-electron chi connectivity index (χ1n) is 10.8. The summed E-state index contributed by atoms with van der Waals surface area (Å²) in [4.78, 5) is 11.0. The van der Waals surface area contributed by atoms with Crippen LogP contribution in [0.1, 0.15) is 69.9 Å². The standard InChI is InChI=1S/C24H34O5/c1-4-5-13-24(2,3)20(26)11-10-16-18(25)14-19-22(16)17-8-6-7-15(23(17)29-19)9-12-21(27)28/h6-8,10-11,16,18-20,22,25-26H,4-5,9,12-14H2,1-3H3,(H,27,28)/b11-10+/t16-,18?,19?,20?,22?/m0/s1. The number of rotatable bonds is 9. The molecule has 0 spiro atoms. The van der Waals surface area contributed by atoms with Gasteiger partial charge in [-0.25, -0.2) is 0 Å². The third-order valence-electron chi connectivity index (χ3n) is 6.59. The van der Waals surface area contributed by atoms with Crippen molar-refractivity contribution in [2.24, 2.45) is 11.3 Å². The van der Waals surface area contributed by atoms with Gasteiger partial charge in [-0.3, -0.25) is 4.79 Å². The Kier molecular flexibility index (Phi) is 6.69. The summed E-state index contributed by atoms with van der Waals surface area (Å²) in [6, 6.07) is 5.88. The van der Waals surface area contributed by atoms with Crippen LogP contribution in [0.4, 0.5) is 0 Å². The number of carboxylic acids is 1. The van der Waals surface area contributed by atoms with Gasteiger partial charge in [0.25, 0.3) is 0 Å². The fourth-order valence-corrected chi connectivity index (χ4v) is 4.68. The van der Waals surface area contributed by atoms with Gasteiger partial charge in [0.1, 0.15) is 11.9 Å². The van der Waals surface area contributed by atoms with Crippen LogP contribution in [0.5, 0.6) is 5.75 Å². The van der Waals surface area contributed by atoms with Crippen molar-refractivity contribution >= 4 is 5.97 Å². The van der Waals surface area contributed by atoms with E-state index in [9.17, 15) is 15.0 Å². The normalized spacial score (nSPS) is 26.9. The number of aryl methyl sites for hydroxylation is 1. The second-order valence-corrected chi connectivity index (χ2v) is 9.21. The SMILES string of the molecule is CCCCC(C)(C)C(O)/C=C/[C@H]1C(O)CC2Oc3c(CCC(=O)O)cccc3C21. The molecular weight excluding hydrogens is 368 g/mol. The Morgan fingerprint density at radius 3 is 2.83 bits per heavy atom. The van der Waals surface area contributed by atoms with E-state index in [0.717, 1.165) is 36.1 Å². The molecule has 29 heavy (non-hydrogen) atoms. The third-order valence-corrected chi connectivity index (χ3v) is 6.59. The molecule has 0 aromatic heterocycles. The molecule has 3 rings (SSSR count). The molecule has 1 aliphatic heterocycles. The quantitative estimate of drug-likeness (QED) is 0.542. The Morgan fingerprint density at radius 1 is 1.38 bits per heavy atom. The fourth-order valence-electron chi connectivity index (χ4n) is 4.68. The van der Waals surface area contributed by atoms with Crippen molar-refractivity contribution in [1.82, 2.24) is 0 Å². The van der Waals surface area contributed by atoms with Crippen molar-refractivity contribution in [3.63, 3.8) is 0 Å². The number of unbranched alkanes of at least 4 members (excludes halogenated alkanes) is 1. The number of hydrogen-bond donors (Lipinski definition) is 3. The summed E-state index contributed by atoms with van der Waals surface area (Å²) in [6.45, 7) is 6.30. The molecule has 1 aromatic carbocycles. The Bertz CT molecular complexity index is 754. The number of carbonyl (C=O) groups is 1. The second-order valence-electron chi connectivity index (χ2n) is 9.21. The molecule has 1 saturated carbocycles. The number of carboxylic acid groups (broad SMARTS) is 1. The summed E-state index contributed by atoms with van der Waals surface area (Å²) in [5.41, 5.74) is 1.75. The summed E-state index contributed by atoms with van der Waals surface area (Å²) in [5, 5.41) is 30.3. The minimum Gasteiger partial charge on any atom is -0.489 e. The van der Waals surface area contributed by atoms with Gasteiger partial charge >= 0.3 is 5.97 Å². The molecular formula is C24H34O5. The Labute approximate surface area is 173 Å². The smallest absolute Gasteiger partial charge is 0.303 e. The highest BCUT2D eigenvalue weighted by Gasteiger charge is 2.49. The molecule has 1 aromatic rings. The number of aliphatic carboxylic acids is 1. The zero-order valence-corrected chi connectivity index (χ0v) is 17.7. The van der Waals surface area contributed by atoms with Crippen LogP contribution in [0.15, 0.2) is 30.4 Å². The van der Waals surface area contributed by atoms with Crippen molar-refractivity contribution in [1.29, 1.82) is 0 Å². The Morgan fingerprint density at radius 2 is 2.14 bits per heavy atom. The average molecular weight is 403 g/mol. The number of hydrogen-bond acceptors (Lipinski definition) is 4. The van der Waals surface area contributed by atoms with Crippen molar-refractivity contribution in [3.8, 4) is 5.75 Å². The minimum absolute atomic E-state index is 0.0342. The number of aliphatic hydroxyl groups is 2. The number of aliphatic hydroxyl groups excluding tert-OH is 2. The molecule has 3 N–H and O–H groups in total. The van der Waals surface area contributed by atoms with Gasteiger partial charge in [-0.15, -0.1) is 0 Å². The van der Waals surface area contributed by atoms with E-state index in [1.54, 1.807) is 0 Å². The maximum atomic E-state index is 11.0. The molecule has 4 unspecified atom stereocenters. The molecule has 0 bridgehead atoms. The lowest BCUT2D eigenvalue weighted by Crippen LogP contribution is -2.28. The van der Waals surface area contributed by atoms with Gasteiger partial charge in [-0.1, -0.05) is 64.0 Å². The molecule has 5 heteroatoms. The zero-order chi connectivity index (χ0) is 21.2. The number of benzene rings is 1. The van der Waals surface area contributed by atoms with E-state index in [1.165, 1.54) is 0 Å². The van der Waals surface area contributed by atoms with Crippen molar-refractivity contribution in [3.05, 3.63) is 41.5 Å². The zero-order valence-electron chi connectivity index (χ0n) is 17.7. The van der Waals surface area contributed by atoms with Crippen molar-refractivity contribution in [2.75, 3.05) is 0 Å². The van der Waals surface area contributed by atoms with E-state index < -0.39 is 18.2 Å². The van der Waals surface area contributed by atoms with Crippen LogP contribution in [0.3, 0.4) is 0 Å². The number of ether oxygens (including phenoxy) is 1. The highest BCUT2D eigenvalue weighted by molar-refractivity contribution is 5.67. The molecule has 160 valence electrons. The Balaban J connectivity index is 1.78. The first kappa shape index (κ1) is 21.8. The fraction of sp³-hybridized carbons (Fsp3) is 0.625. The van der Waals surface area contributed by atoms with E-state index in [0.29, 0.717) is 12.8 Å². The Hall–Kier alpha value is -1.85. The van der Waals surface area contributed by atoms with Gasteiger partial charge in [0.2, 0.25) is 0 Å². The molecule has 1 aliphatic carbocycles. The lowest BCUT2D eigenvalue weighted by atomic mass is 9.80. The lowest BCUT2D eigenvalue weighted by molar-refractivity contribution is -0.136. The van der Waals surface area contributed by atoms with E-state index in [-0.39, 0.29) is 29.8 Å². The maximum absolute atomic E-state index is 11.0. The highest BCUT2D eigenvalue weighted by atomic mass is 16.5. The van der Waals surface area contributed by atoms with Crippen LogP contribution in [0, 0.1) is 11.3 Å². The molecule has 0 saturated heterocycles. The van der Waals surface area contributed by atoms with Crippen LogP contribution in [-0.4, -0.2) is 39.6 Å². The predicted molar refractivity (Wildman–Crippen MR) is 112 cm³/mol. The first-order valence-corrected chi connectivity index (χ1v) is 10.8. The topological polar surface area (TPSA) is 87.0 Å². The molecule has 2 aliphatic rings. The molecule has 1 heterocycles. The summed E-state index contributed by atoms with van der Waals surface area (Å²) < 4.78 is 6.17. The minimum atomic E-state index is -0.822. The maximum Gasteiger partial charge on any atom is 0.303 e. The highest BCUT2D eigenvalue weighted by Crippen LogP contribution is 2.52. The third kappa shape index (κ3) is 4.67. The molecule has 1 fully saturated rings.